The van der Waals surface area contributed by atoms with Gasteiger partial charge in [-0.1, -0.05) is 6.07 Å². The van der Waals surface area contributed by atoms with Gasteiger partial charge in [0, 0.05) is 30.1 Å². The molecule has 0 aliphatic rings. The number of hydrogen-bond acceptors (Lipinski definition) is 4. The van der Waals surface area contributed by atoms with Crippen LogP contribution >= 0.6 is 11.3 Å². The maximum atomic E-state index is 11.8. The van der Waals surface area contributed by atoms with Crippen LogP contribution in [0.3, 0.4) is 0 Å². The monoisotopic (exact) mass is 276 g/mol. The molecule has 0 aliphatic heterocycles. The van der Waals surface area contributed by atoms with Crippen molar-refractivity contribution < 1.29 is 14.7 Å². The van der Waals surface area contributed by atoms with Gasteiger partial charge in [-0.2, -0.15) is 0 Å². The van der Waals surface area contributed by atoms with Gasteiger partial charge in [0.25, 0.3) is 5.91 Å². The summed E-state index contributed by atoms with van der Waals surface area (Å²) < 4.78 is 0. The topological polar surface area (TPSA) is 79.3 Å². The van der Waals surface area contributed by atoms with Crippen molar-refractivity contribution >= 4 is 23.2 Å². The Morgan fingerprint density at radius 3 is 2.79 bits per heavy atom. The van der Waals surface area contributed by atoms with E-state index in [4.69, 9.17) is 5.11 Å². The van der Waals surface area contributed by atoms with E-state index in [9.17, 15) is 9.59 Å². The van der Waals surface area contributed by atoms with Gasteiger partial charge >= 0.3 is 5.97 Å². The fraction of sp³-hybridized carbons (Fsp3) is 0.154. The molecule has 1 heterocycles. The van der Waals surface area contributed by atoms with Crippen molar-refractivity contribution in [2.75, 3.05) is 6.54 Å². The zero-order valence-electron chi connectivity index (χ0n) is 10.00. The van der Waals surface area contributed by atoms with Crippen LogP contribution in [0.4, 0.5) is 0 Å². The third-order valence-electron chi connectivity index (χ3n) is 2.48. The number of carboxylic acid groups (broad SMARTS) is 1. The summed E-state index contributed by atoms with van der Waals surface area (Å²) in [5.41, 5.74) is 0.451. The lowest BCUT2D eigenvalue weighted by Gasteiger charge is -2.04. The molecule has 0 spiro atoms. The van der Waals surface area contributed by atoms with Crippen LogP contribution in [0, 0.1) is 0 Å². The molecule has 2 N–H and O–H groups in total. The van der Waals surface area contributed by atoms with Crippen molar-refractivity contribution in [2.24, 2.45) is 0 Å². The van der Waals surface area contributed by atoms with E-state index in [0.717, 1.165) is 5.01 Å². The smallest absolute Gasteiger partial charge is 0.335 e. The summed E-state index contributed by atoms with van der Waals surface area (Å²) in [4.78, 5) is 26.7. The first-order valence-electron chi connectivity index (χ1n) is 5.67. The summed E-state index contributed by atoms with van der Waals surface area (Å²) in [5, 5.41) is 14.4. The Balaban J connectivity index is 1.92. The van der Waals surface area contributed by atoms with Gasteiger partial charge in [-0.15, -0.1) is 11.3 Å². The Hall–Kier alpha value is -2.21. The van der Waals surface area contributed by atoms with Crippen molar-refractivity contribution in [1.29, 1.82) is 0 Å². The van der Waals surface area contributed by atoms with Crippen LogP contribution in [0.1, 0.15) is 25.7 Å². The molecule has 0 atom stereocenters. The van der Waals surface area contributed by atoms with E-state index in [1.807, 2.05) is 5.38 Å². The molecule has 2 aromatic rings. The predicted octanol–water partition coefficient (Wildman–Crippen LogP) is 1.81. The van der Waals surface area contributed by atoms with Crippen LogP contribution in [0.5, 0.6) is 0 Å². The van der Waals surface area contributed by atoms with Crippen LogP contribution in [-0.2, 0) is 6.42 Å². The maximum absolute atomic E-state index is 11.8. The minimum atomic E-state index is -1.04. The van der Waals surface area contributed by atoms with Crippen LogP contribution in [0.25, 0.3) is 0 Å². The highest BCUT2D eigenvalue weighted by molar-refractivity contribution is 7.09. The molecule has 98 valence electrons. The van der Waals surface area contributed by atoms with Crippen molar-refractivity contribution in [3.05, 3.63) is 52.0 Å². The van der Waals surface area contributed by atoms with E-state index in [-0.39, 0.29) is 11.5 Å². The van der Waals surface area contributed by atoms with Gasteiger partial charge < -0.3 is 10.4 Å². The molecule has 1 aromatic carbocycles. The number of carboxylic acids is 1. The van der Waals surface area contributed by atoms with Gasteiger partial charge in [0.1, 0.15) is 0 Å². The number of amides is 1. The Morgan fingerprint density at radius 2 is 2.11 bits per heavy atom. The molecule has 1 aromatic heterocycles. The molecule has 2 rings (SSSR count). The summed E-state index contributed by atoms with van der Waals surface area (Å²) in [6.45, 7) is 0.476. The number of aromatic nitrogens is 1. The molecule has 0 aliphatic carbocycles. The second kappa shape index (κ2) is 6.10. The normalized spacial score (nSPS) is 10.1. The third kappa shape index (κ3) is 3.62. The van der Waals surface area contributed by atoms with Gasteiger partial charge in [0.2, 0.25) is 0 Å². The summed E-state index contributed by atoms with van der Waals surface area (Å²) >= 11 is 1.54. The number of hydrogen-bond donors (Lipinski definition) is 2. The van der Waals surface area contributed by atoms with E-state index in [1.165, 1.54) is 23.5 Å². The van der Waals surface area contributed by atoms with Gasteiger partial charge in [-0.25, -0.2) is 9.78 Å². The van der Waals surface area contributed by atoms with Crippen LogP contribution < -0.4 is 5.32 Å². The predicted molar refractivity (Wildman–Crippen MR) is 71.6 cm³/mol. The molecule has 0 radical (unpaired) electrons. The van der Waals surface area contributed by atoms with E-state index in [2.05, 4.69) is 10.3 Å². The summed E-state index contributed by atoms with van der Waals surface area (Å²) in [5.74, 6) is -1.32. The molecule has 0 saturated heterocycles. The van der Waals surface area contributed by atoms with Gasteiger partial charge in [0.05, 0.1) is 10.6 Å². The van der Waals surface area contributed by atoms with Crippen molar-refractivity contribution in [3.63, 3.8) is 0 Å². The zero-order chi connectivity index (χ0) is 13.7. The molecule has 1 amide bonds. The maximum Gasteiger partial charge on any atom is 0.335 e. The number of carbonyl (C=O) groups is 2. The Labute approximate surface area is 113 Å². The highest BCUT2D eigenvalue weighted by atomic mass is 32.1. The zero-order valence-corrected chi connectivity index (χ0v) is 10.8. The molecular formula is C13H12N2O3S. The van der Waals surface area contributed by atoms with Crippen LogP contribution in [-0.4, -0.2) is 28.5 Å². The molecule has 0 unspecified atom stereocenters. The number of benzene rings is 1. The fourth-order valence-electron chi connectivity index (χ4n) is 1.55. The number of nitrogens with zero attached hydrogens (tertiary/aromatic N) is 1. The molecule has 0 bridgehead atoms. The molecule has 5 nitrogen and oxygen atoms in total. The number of carbonyl (C=O) groups excluding carboxylic acids is 1. The second-order valence-electron chi connectivity index (χ2n) is 3.82. The van der Waals surface area contributed by atoms with Gasteiger partial charge in [-0.3, -0.25) is 4.79 Å². The Bertz CT molecular complexity index is 581. The minimum Gasteiger partial charge on any atom is -0.478 e. The lowest BCUT2D eigenvalue weighted by Crippen LogP contribution is -2.25. The fourth-order valence-corrected chi connectivity index (χ4v) is 2.18. The van der Waals surface area contributed by atoms with E-state index < -0.39 is 5.97 Å². The van der Waals surface area contributed by atoms with E-state index in [1.54, 1.807) is 18.3 Å². The second-order valence-corrected chi connectivity index (χ2v) is 4.80. The molecular weight excluding hydrogens is 264 g/mol. The Morgan fingerprint density at radius 1 is 1.32 bits per heavy atom. The molecule has 0 saturated carbocycles. The number of rotatable bonds is 5. The summed E-state index contributed by atoms with van der Waals surface area (Å²) in [7, 11) is 0. The first kappa shape index (κ1) is 13.2. The number of nitrogens with one attached hydrogen (secondary N) is 1. The lowest BCUT2D eigenvalue weighted by molar-refractivity contribution is 0.0697. The molecule has 6 heteroatoms. The molecule has 0 fully saturated rings. The standard InChI is InChI=1S/C13H12N2O3S/c16-12(15-5-4-11-14-6-7-19-11)9-2-1-3-10(8-9)13(17)18/h1-3,6-8H,4-5H2,(H,15,16)(H,17,18). The number of thiazole rings is 1. The SMILES string of the molecule is O=C(O)c1cccc(C(=O)NCCc2nccs2)c1. The van der Waals surface area contributed by atoms with Crippen LogP contribution in [0.2, 0.25) is 0 Å². The first-order valence-corrected chi connectivity index (χ1v) is 6.54. The highest BCUT2D eigenvalue weighted by Gasteiger charge is 2.09. The molecule has 19 heavy (non-hydrogen) atoms. The van der Waals surface area contributed by atoms with Crippen molar-refractivity contribution in [2.45, 2.75) is 6.42 Å². The highest BCUT2D eigenvalue weighted by Crippen LogP contribution is 2.06. The van der Waals surface area contributed by atoms with Crippen LogP contribution in [0.15, 0.2) is 35.8 Å². The van der Waals surface area contributed by atoms with E-state index >= 15 is 0 Å². The van der Waals surface area contributed by atoms with Crippen molar-refractivity contribution in [1.82, 2.24) is 10.3 Å². The average molecular weight is 276 g/mol. The van der Waals surface area contributed by atoms with E-state index in [0.29, 0.717) is 18.5 Å². The third-order valence-corrected chi connectivity index (χ3v) is 3.32. The number of aromatic carboxylic acids is 1. The van der Waals surface area contributed by atoms with Gasteiger partial charge in [0.15, 0.2) is 0 Å². The Kier molecular flexibility index (Phi) is 4.25. The average Bonchev–Trinajstić information content (AvgIpc) is 2.92. The summed E-state index contributed by atoms with van der Waals surface area (Å²) in [6.07, 6.45) is 2.39. The largest absolute Gasteiger partial charge is 0.478 e. The van der Waals surface area contributed by atoms with Gasteiger partial charge in [-0.05, 0) is 18.2 Å². The quantitative estimate of drug-likeness (QED) is 0.873. The first-order chi connectivity index (χ1) is 9.16. The summed E-state index contributed by atoms with van der Waals surface area (Å²) in [6, 6.07) is 5.96. The van der Waals surface area contributed by atoms with Crippen molar-refractivity contribution in [3.8, 4) is 0 Å². The lowest BCUT2D eigenvalue weighted by atomic mass is 10.1. The minimum absolute atomic E-state index is 0.104.